The lowest BCUT2D eigenvalue weighted by atomic mass is 9.42. The number of rotatable bonds is 8. The van der Waals surface area contributed by atoms with Crippen LogP contribution in [0.25, 0.3) is 0 Å². The van der Waals surface area contributed by atoms with Crippen molar-refractivity contribution in [1.29, 1.82) is 0 Å². The number of hydrogen-bond acceptors (Lipinski definition) is 11. The third-order valence-corrected chi connectivity index (χ3v) is 13.9. The van der Waals surface area contributed by atoms with Gasteiger partial charge in [-0.15, -0.1) is 0 Å². The lowest BCUT2D eigenvalue weighted by Gasteiger charge is -2.65. The van der Waals surface area contributed by atoms with Crippen molar-refractivity contribution in [2.24, 2.45) is 46.3 Å². The summed E-state index contributed by atoms with van der Waals surface area (Å²) < 4.78 is 17.2. The summed E-state index contributed by atoms with van der Waals surface area (Å²) in [6.45, 7) is 9.62. The minimum atomic E-state index is -1.02. The molecule has 1 amide bonds. The highest BCUT2D eigenvalue weighted by Crippen LogP contribution is 2.70. The van der Waals surface area contributed by atoms with Crippen LogP contribution in [-0.2, 0) is 52.9 Å². The van der Waals surface area contributed by atoms with E-state index in [4.69, 9.17) is 29.0 Å². The van der Waals surface area contributed by atoms with E-state index in [1.807, 2.05) is 0 Å². The highest BCUT2D eigenvalue weighted by molar-refractivity contribution is 5.81. The first kappa shape index (κ1) is 36.5. The van der Waals surface area contributed by atoms with Crippen molar-refractivity contribution < 1.29 is 52.9 Å². The van der Waals surface area contributed by atoms with Crippen LogP contribution in [0, 0.1) is 46.3 Å². The van der Waals surface area contributed by atoms with Crippen molar-refractivity contribution in [1.82, 2.24) is 5.32 Å². The Morgan fingerprint density at radius 3 is 2.16 bits per heavy atom. The Kier molecular flexibility index (Phi) is 10.5. The highest BCUT2D eigenvalue weighted by atomic mass is 17.4. The van der Waals surface area contributed by atoms with E-state index in [9.17, 15) is 19.2 Å². The van der Waals surface area contributed by atoms with Crippen molar-refractivity contribution in [2.45, 2.75) is 148 Å². The SMILES string of the molecule is COC(=O)CNC(=O)CC[C@@H](C)[C@H]1CC[C@H]2[C@@H]3[C@H](OC(C)=O)C[C@@H]4CC5(CC[C@]4(C)[C@H]3C[C@H](OC(C)=O)[C@]12C)OOC1(CCCCC1)OO5. The number of esters is 3. The number of amides is 1. The van der Waals surface area contributed by atoms with Crippen molar-refractivity contribution in [3.63, 3.8) is 0 Å². The van der Waals surface area contributed by atoms with Gasteiger partial charge in [0.25, 0.3) is 0 Å². The van der Waals surface area contributed by atoms with Gasteiger partial charge in [-0.3, -0.25) is 19.2 Å². The van der Waals surface area contributed by atoms with Gasteiger partial charge in [-0.2, -0.15) is 19.6 Å². The molecule has 12 nitrogen and oxygen atoms in total. The molecule has 1 N–H and O–H groups in total. The zero-order chi connectivity index (χ0) is 35.2. The topological polar surface area (TPSA) is 145 Å². The summed E-state index contributed by atoms with van der Waals surface area (Å²) in [5, 5.41) is 2.64. The molecule has 1 heterocycles. The number of hydrogen-bond donors (Lipinski definition) is 1. The van der Waals surface area contributed by atoms with Gasteiger partial charge >= 0.3 is 17.9 Å². The van der Waals surface area contributed by atoms with Gasteiger partial charge in [-0.1, -0.05) is 27.2 Å². The van der Waals surface area contributed by atoms with E-state index in [0.717, 1.165) is 51.4 Å². The number of carbonyl (C=O) groups is 4. The van der Waals surface area contributed by atoms with Gasteiger partial charge in [-0.25, -0.2) is 0 Å². The predicted octanol–water partition coefficient (Wildman–Crippen LogP) is 5.70. The van der Waals surface area contributed by atoms with Crippen LogP contribution in [0.4, 0.5) is 0 Å². The Labute approximate surface area is 290 Å². The van der Waals surface area contributed by atoms with Gasteiger partial charge in [0.2, 0.25) is 17.5 Å². The van der Waals surface area contributed by atoms with Crippen molar-refractivity contribution in [2.75, 3.05) is 13.7 Å². The molecule has 6 rings (SSSR count). The normalized spacial score (nSPS) is 39.5. The summed E-state index contributed by atoms with van der Waals surface area (Å²) in [4.78, 5) is 73.8. The molecule has 0 aromatic rings. The van der Waals surface area contributed by atoms with Gasteiger partial charge in [-0.05, 0) is 86.4 Å². The maximum atomic E-state index is 12.7. The van der Waals surface area contributed by atoms with Crippen LogP contribution >= 0.6 is 0 Å². The third-order valence-electron chi connectivity index (χ3n) is 13.9. The van der Waals surface area contributed by atoms with Gasteiger partial charge < -0.3 is 19.5 Å². The van der Waals surface area contributed by atoms with Crippen molar-refractivity contribution in [3.05, 3.63) is 0 Å². The summed E-state index contributed by atoms with van der Waals surface area (Å²) in [5.74, 6) is -2.26. The molecular formula is C37H57NO11. The monoisotopic (exact) mass is 691 g/mol. The van der Waals surface area contributed by atoms with Gasteiger partial charge in [0.05, 0.1) is 7.11 Å². The van der Waals surface area contributed by atoms with Crippen LogP contribution in [0.2, 0.25) is 0 Å². The second kappa shape index (κ2) is 14.0. The first-order chi connectivity index (χ1) is 23.2. The van der Waals surface area contributed by atoms with Crippen molar-refractivity contribution >= 4 is 23.8 Å². The minimum absolute atomic E-state index is 0.0985. The molecule has 0 aromatic carbocycles. The Morgan fingerprint density at radius 2 is 1.51 bits per heavy atom. The predicted molar refractivity (Wildman–Crippen MR) is 173 cm³/mol. The Hall–Kier alpha value is -2.28. The molecule has 6 aliphatic rings. The summed E-state index contributed by atoms with van der Waals surface area (Å²) in [7, 11) is 1.29. The molecule has 6 fully saturated rings. The van der Waals surface area contributed by atoms with Gasteiger partial charge in [0.1, 0.15) is 18.8 Å². The van der Waals surface area contributed by atoms with E-state index in [1.54, 1.807) is 0 Å². The van der Waals surface area contributed by atoms with E-state index in [0.29, 0.717) is 32.1 Å². The number of carbonyl (C=O) groups excluding carboxylic acids is 4. The molecule has 5 saturated carbocycles. The smallest absolute Gasteiger partial charge is 0.325 e. The molecule has 12 heteroatoms. The summed E-state index contributed by atoms with van der Waals surface area (Å²) >= 11 is 0. The lowest BCUT2D eigenvalue weighted by molar-refractivity contribution is -0.665. The zero-order valence-electron chi connectivity index (χ0n) is 30.2. The average Bonchev–Trinajstić information content (AvgIpc) is 3.43. The fourth-order valence-electron chi connectivity index (χ4n) is 11.4. The molecule has 0 aromatic heterocycles. The molecule has 10 atom stereocenters. The molecule has 2 spiro atoms. The second-order valence-electron chi connectivity index (χ2n) is 16.5. The van der Waals surface area contributed by atoms with E-state index >= 15 is 0 Å². The molecule has 276 valence electrons. The first-order valence-electron chi connectivity index (χ1n) is 18.7. The molecule has 0 radical (unpaired) electrons. The summed E-state index contributed by atoms with van der Waals surface area (Å²) in [6, 6.07) is 0. The zero-order valence-corrected chi connectivity index (χ0v) is 30.2. The standard InChI is InChI=1S/C37H57NO11/c1-22(10-13-31(41)38-21-32(42)43-6)26-11-12-27-33-28(19-30(35(26,27)5)45-24(3)40)34(4)16-17-37(20-25(34)18-29(33)44-23(2)39)48-46-36(47-49-37)14-8-7-9-15-36/h22,25-30,33H,7-21H2,1-6H3,(H,38,41)/t22-,25-,26-,27+,28+,29-,30+,33+,34+,35-/m1/s1. The van der Waals surface area contributed by atoms with E-state index in [2.05, 4.69) is 30.8 Å². The molecule has 5 aliphatic carbocycles. The molecule has 1 aliphatic heterocycles. The first-order valence-corrected chi connectivity index (χ1v) is 18.7. The third kappa shape index (κ3) is 6.88. The molecular weight excluding hydrogens is 634 g/mol. The summed E-state index contributed by atoms with van der Waals surface area (Å²) in [6.07, 6.45) is 10.1. The van der Waals surface area contributed by atoms with Crippen LogP contribution in [0.3, 0.4) is 0 Å². The van der Waals surface area contributed by atoms with Crippen LogP contribution < -0.4 is 5.32 Å². The van der Waals surface area contributed by atoms with Crippen LogP contribution in [0.15, 0.2) is 0 Å². The fraction of sp³-hybridized carbons (Fsp3) is 0.892. The Bertz CT molecular complexity index is 1260. The minimum Gasteiger partial charge on any atom is -0.468 e. The van der Waals surface area contributed by atoms with E-state index in [1.165, 1.54) is 21.0 Å². The molecule has 1 saturated heterocycles. The molecule has 0 bridgehead atoms. The maximum Gasteiger partial charge on any atom is 0.325 e. The lowest BCUT2D eigenvalue weighted by Crippen LogP contribution is -2.65. The quantitative estimate of drug-likeness (QED) is 0.190. The van der Waals surface area contributed by atoms with Crippen molar-refractivity contribution in [3.8, 4) is 0 Å². The van der Waals surface area contributed by atoms with Crippen LogP contribution in [0.1, 0.15) is 125 Å². The van der Waals surface area contributed by atoms with E-state index < -0.39 is 17.5 Å². The number of ether oxygens (including phenoxy) is 3. The number of fused-ring (bicyclic) bond motifs is 5. The Balaban J connectivity index is 1.23. The summed E-state index contributed by atoms with van der Waals surface area (Å²) in [5.41, 5.74) is -0.502. The maximum absolute atomic E-state index is 12.7. The average molecular weight is 692 g/mol. The molecule has 49 heavy (non-hydrogen) atoms. The van der Waals surface area contributed by atoms with Gasteiger partial charge in [0.15, 0.2) is 0 Å². The van der Waals surface area contributed by atoms with E-state index in [-0.39, 0.29) is 89.4 Å². The number of methoxy groups -OCH3 is 1. The number of nitrogens with one attached hydrogen (secondary N) is 1. The highest BCUT2D eigenvalue weighted by Gasteiger charge is 2.69. The van der Waals surface area contributed by atoms with Gasteiger partial charge in [0, 0.05) is 57.3 Å². The second-order valence-corrected chi connectivity index (χ2v) is 16.5. The Morgan fingerprint density at radius 1 is 0.837 bits per heavy atom. The van der Waals surface area contributed by atoms with Crippen LogP contribution in [0.5, 0.6) is 0 Å². The largest absolute Gasteiger partial charge is 0.468 e. The molecule has 0 unspecified atom stereocenters. The fourth-order valence-corrected chi connectivity index (χ4v) is 11.4. The van der Waals surface area contributed by atoms with Crippen LogP contribution in [-0.4, -0.2) is 61.3 Å².